The minimum absolute atomic E-state index is 0.238. The summed E-state index contributed by atoms with van der Waals surface area (Å²) in [4.78, 5) is 15.6. The van der Waals surface area contributed by atoms with Crippen molar-refractivity contribution in [2.75, 3.05) is 18.4 Å². The van der Waals surface area contributed by atoms with Gasteiger partial charge in [0, 0.05) is 19.3 Å². The summed E-state index contributed by atoms with van der Waals surface area (Å²) in [6.07, 6.45) is -3.81. The van der Waals surface area contributed by atoms with E-state index in [1.165, 1.54) is 12.3 Å². The van der Waals surface area contributed by atoms with Gasteiger partial charge in [-0.1, -0.05) is 0 Å². The first-order valence-electron chi connectivity index (χ1n) is 5.48. The van der Waals surface area contributed by atoms with Gasteiger partial charge >= 0.3 is 6.18 Å². The summed E-state index contributed by atoms with van der Waals surface area (Å²) in [6, 6.07) is 3.06. The number of carbonyl (C=O) groups excluding carboxylic acids is 1. The van der Waals surface area contributed by atoms with Gasteiger partial charge in [0.15, 0.2) is 0 Å². The Morgan fingerprint density at radius 3 is 2.78 bits per heavy atom. The summed E-state index contributed by atoms with van der Waals surface area (Å²) in [6.45, 7) is 1.96. The summed E-state index contributed by atoms with van der Waals surface area (Å²) in [5.41, 5.74) is 0.238. The number of nitrogens with one attached hydrogen (secondary N) is 2. The van der Waals surface area contributed by atoms with Crippen molar-refractivity contribution in [3.63, 3.8) is 0 Å². The summed E-state index contributed by atoms with van der Waals surface area (Å²) in [7, 11) is 0. The molecule has 0 saturated carbocycles. The van der Waals surface area contributed by atoms with Crippen molar-refractivity contribution < 1.29 is 18.0 Å². The van der Waals surface area contributed by atoms with Gasteiger partial charge in [0.2, 0.25) is 0 Å². The Kier molecular flexibility index (Phi) is 4.94. The molecule has 0 spiro atoms. The van der Waals surface area contributed by atoms with Crippen LogP contribution in [0.25, 0.3) is 0 Å². The number of alkyl halides is 3. The van der Waals surface area contributed by atoms with Crippen LogP contribution in [0.15, 0.2) is 18.3 Å². The summed E-state index contributed by atoms with van der Waals surface area (Å²) in [5.74, 6) is -0.201. The summed E-state index contributed by atoms with van der Waals surface area (Å²) < 4.78 is 35.8. The molecule has 1 aromatic rings. The molecule has 0 unspecified atom stereocenters. The Balaban J connectivity index is 2.61. The van der Waals surface area contributed by atoms with Crippen LogP contribution in [0.5, 0.6) is 0 Å². The fraction of sp³-hybridized carbons (Fsp3) is 0.455. The molecule has 0 aliphatic carbocycles. The molecule has 1 rings (SSSR count). The average molecular weight is 261 g/mol. The zero-order valence-electron chi connectivity index (χ0n) is 9.84. The second-order valence-corrected chi connectivity index (χ2v) is 3.55. The lowest BCUT2D eigenvalue weighted by molar-refractivity contribution is -0.132. The van der Waals surface area contributed by atoms with Crippen LogP contribution in [0.1, 0.15) is 23.7 Å². The molecule has 2 N–H and O–H groups in total. The minimum Gasteiger partial charge on any atom is -0.370 e. The smallest absolute Gasteiger partial charge is 0.370 e. The number of anilines is 1. The van der Waals surface area contributed by atoms with E-state index in [9.17, 15) is 18.0 Å². The quantitative estimate of drug-likeness (QED) is 0.854. The van der Waals surface area contributed by atoms with E-state index < -0.39 is 25.0 Å². The van der Waals surface area contributed by atoms with Crippen LogP contribution in [-0.4, -0.2) is 30.2 Å². The predicted octanol–water partition coefficient (Wildman–Crippen LogP) is 2.20. The third kappa shape index (κ3) is 4.60. The summed E-state index contributed by atoms with van der Waals surface area (Å²) >= 11 is 0. The highest BCUT2D eigenvalue weighted by atomic mass is 19.4. The van der Waals surface area contributed by atoms with Crippen molar-refractivity contribution in [2.24, 2.45) is 0 Å². The Morgan fingerprint density at radius 1 is 1.44 bits per heavy atom. The van der Waals surface area contributed by atoms with Gasteiger partial charge in [-0.3, -0.25) is 4.79 Å². The SMILES string of the molecule is CCNc1ncccc1C(=O)NCCC(F)(F)F. The zero-order chi connectivity index (χ0) is 13.6. The Bertz CT molecular complexity index is 407. The van der Waals surface area contributed by atoms with Gasteiger partial charge in [-0.05, 0) is 19.1 Å². The highest BCUT2D eigenvalue weighted by molar-refractivity contribution is 5.98. The lowest BCUT2D eigenvalue weighted by atomic mass is 10.2. The van der Waals surface area contributed by atoms with Crippen LogP contribution in [0.4, 0.5) is 19.0 Å². The first-order valence-corrected chi connectivity index (χ1v) is 5.48. The Labute approximate surface area is 103 Å². The van der Waals surface area contributed by atoms with Crippen molar-refractivity contribution in [2.45, 2.75) is 19.5 Å². The molecule has 1 aromatic heterocycles. The molecule has 0 aromatic carbocycles. The second-order valence-electron chi connectivity index (χ2n) is 3.55. The van der Waals surface area contributed by atoms with Crippen LogP contribution in [0.2, 0.25) is 0 Å². The van der Waals surface area contributed by atoms with E-state index in [1.54, 1.807) is 6.07 Å². The molecule has 1 amide bonds. The normalized spacial score (nSPS) is 11.1. The number of aromatic nitrogens is 1. The number of carbonyl (C=O) groups is 1. The van der Waals surface area contributed by atoms with E-state index in [0.717, 1.165) is 0 Å². The molecule has 0 aliphatic rings. The van der Waals surface area contributed by atoms with Gasteiger partial charge in [0.1, 0.15) is 5.82 Å². The fourth-order valence-electron chi connectivity index (χ4n) is 1.31. The molecule has 4 nitrogen and oxygen atoms in total. The van der Waals surface area contributed by atoms with E-state index in [0.29, 0.717) is 12.4 Å². The number of halogens is 3. The number of pyridine rings is 1. The highest BCUT2D eigenvalue weighted by Crippen LogP contribution is 2.18. The molecule has 0 aliphatic heterocycles. The third-order valence-electron chi connectivity index (χ3n) is 2.09. The Hall–Kier alpha value is -1.79. The van der Waals surface area contributed by atoms with Crippen LogP contribution in [-0.2, 0) is 0 Å². The largest absolute Gasteiger partial charge is 0.390 e. The number of hydrogen-bond acceptors (Lipinski definition) is 3. The topological polar surface area (TPSA) is 54.0 Å². The highest BCUT2D eigenvalue weighted by Gasteiger charge is 2.26. The molecule has 7 heteroatoms. The Morgan fingerprint density at radius 2 is 2.17 bits per heavy atom. The van der Waals surface area contributed by atoms with Crippen molar-refractivity contribution >= 4 is 11.7 Å². The average Bonchev–Trinajstić information content (AvgIpc) is 2.28. The molecule has 1 heterocycles. The van der Waals surface area contributed by atoms with Crippen molar-refractivity contribution in [3.8, 4) is 0 Å². The molecule has 0 radical (unpaired) electrons. The molecule has 0 atom stereocenters. The molecular weight excluding hydrogens is 247 g/mol. The van der Waals surface area contributed by atoms with E-state index in [1.807, 2.05) is 6.92 Å². The van der Waals surface area contributed by atoms with Gasteiger partial charge < -0.3 is 10.6 Å². The van der Waals surface area contributed by atoms with Crippen molar-refractivity contribution in [1.29, 1.82) is 0 Å². The van der Waals surface area contributed by atoms with E-state index in [-0.39, 0.29) is 5.56 Å². The maximum absolute atomic E-state index is 11.9. The van der Waals surface area contributed by atoms with Gasteiger partial charge in [0.05, 0.1) is 12.0 Å². The second kappa shape index (κ2) is 6.23. The van der Waals surface area contributed by atoms with E-state index >= 15 is 0 Å². The molecule has 18 heavy (non-hydrogen) atoms. The van der Waals surface area contributed by atoms with Gasteiger partial charge in [-0.25, -0.2) is 4.98 Å². The van der Waals surface area contributed by atoms with Crippen molar-refractivity contribution in [1.82, 2.24) is 10.3 Å². The monoisotopic (exact) mass is 261 g/mol. The number of hydrogen-bond donors (Lipinski definition) is 2. The van der Waals surface area contributed by atoms with E-state index in [4.69, 9.17) is 0 Å². The van der Waals surface area contributed by atoms with Gasteiger partial charge in [-0.15, -0.1) is 0 Å². The molecule has 0 saturated heterocycles. The predicted molar refractivity (Wildman–Crippen MR) is 61.4 cm³/mol. The van der Waals surface area contributed by atoms with Gasteiger partial charge in [-0.2, -0.15) is 13.2 Å². The van der Waals surface area contributed by atoms with Crippen LogP contribution in [0, 0.1) is 0 Å². The van der Waals surface area contributed by atoms with Gasteiger partial charge in [0.25, 0.3) is 5.91 Å². The van der Waals surface area contributed by atoms with Crippen LogP contribution in [0.3, 0.4) is 0 Å². The number of nitrogens with zero attached hydrogens (tertiary/aromatic N) is 1. The molecule has 0 bridgehead atoms. The minimum atomic E-state index is -4.27. The number of rotatable bonds is 5. The standard InChI is InChI=1S/C11H14F3N3O/c1-2-15-9-8(4-3-6-16-9)10(18)17-7-5-11(12,13)14/h3-4,6H,2,5,7H2,1H3,(H,15,16)(H,17,18). The first-order chi connectivity index (χ1) is 8.44. The molecular formula is C11H14F3N3O. The number of amides is 1. The van der Waals surface area contributed by atoms with E-state index in [2.05, 4.69) is 15.6 Å². The lowest BCUT2D eigenvalue weighted by Gasteiger charge is -2.10. The molecule has 100 valence electrons. The maximum Gasteiger partial charge on any atom is 0.390 e. The maximum atomic E-state index is 11.9. The van der Waals surface area contributed by atoms with Crippen molar-refractivity contribution in [3.05, 3.63) is 23.9 Å². The zero-order valence-corrected chi connectivity index (χ0v) is 9.84. The third-order valence-corrected chi connectivity index (χ3v) is 2.09. The molecule has 0 fully saturated rings. The summed E-state index contributed by atoms with van der Waals surface area (Å²) in [5, 5.41) is 5.08. The fourth-order valence-corrected chi connectivity index (χ4v) is 1.31. The lowest BCUT2D eigenvalue weighted by Crippen LogP contribution is -2.28. The van der Waals surface area contributed by atoms with Crippen LogP contribution >= 0.6 is 0 Å². The first kappa shape index (κ1) is 14.3. The van der Waals surface area contributed by atoms with Crippen LogP contribution < -0.4 is 10.6 Å².